The monoisotopic (exact) mass is 343 g/mol. The van der Waals surface area contributed by atoms with Crippen molar-refractivity contribution in [3.8, 4) is 0 Å². The number of ketones is 1. The Labute approximate surface area is 149 Å². The molecule has 0 amide bonds. The van der Waals surface area contributed by atoms with Gasteiger partial charge in [-0.15, -0.1) is 0 Å². The standard InChI is InChI=1S/C21H29NO3/c1-10-11-7-12-17-20-6-4-5-19(2,9-22(17)3)15(20)13(23)8-21(12,18(10)25)16(20)14(11)24/h11-12,14-18,24-25H,1,4-9H2,2-3H3/t11-,12-,14+,15-,16+,17-,18-,19-,20+,21-/m1/s1. The van der Waals surface area contributed by atoms with E-state index in [2.05, 4.69) is 25.5 Å². The van der Waals surface area contributed by atoms with E-state index in [9.17, 15) is 15.0 Å². The Balaban J connectivity index is 1.68. The minimum absolute atomic E-state index is 0.0160. The highest BCUT2D eigenvalue weighted by Crippen LogP contribution is 2.81. The smallest absolute Gasteiger partial charge is 0.137 e. The minimum atomic E-state index is -0.615. The average Bonchev–Trinajstić information content (AvgIpc) is 2.63. The number of Topliss-reactive ketones (excluding diaryl/α,β-unsaturated/α-hetero) is 1. The molecule has 0 aromatic heterocycles. The van der Waals surface area contributed by atoms with Crippen LogP contribution in [0.15, 0.2) is 12.2 Å². The van der Waals surface area contributed by atoms with E-state index in [1.807, 2.05) is 0 Å². The van der Waals surface area contributed by atoms with Crippen molar-refractivity contribution in [2.75, 3.05) is 13.6 Å². The van der Waals surface area contributed by atoms with Crippen molar-refractivity contribution in [1.29, 1.82) is 0 Å². The van der Waals surface area contributed by atoms with Crippen LogP contribution in [0.4, 0.5) is 0 Å². The van der Waals surface area contributed by atoms with Gasteiger partial charge in [0.15, 0.2) is 0 Å². The number of nitrogens with zero attached hydrogens (tertiary/aromatic N) is 1. The maximum absolute atomic E-state index is 13.5. The fourth-order valence-corrected chi connectivity index (χ4v) is 9.88. The van der Waals surface area contributed by atoms with Crippen LogP contribution >= 0.6 is 0 Å². The highest BCUT2D eigenvalue weighted by atomic mass is 16.3. The zero-order chi connectivity index (χ0) is 17.5. The lowest BCUT2D eigenvalue weighted by Gasteiger charge is -2.67. The summed E-state index contributed by atoms with van der Waals surface area (Å²) in [6.07, 6.45) is 3.62. The molecule has 0 unspecified atom stereocenters. The third-order valence-electron chi connectivity index (χ3n) is 9.86. The molecule has 0 aromatic rings. The van der Waals surface area contributed by atoms with Crippen LogP contribution in [0.3, 0.4) is 0 Å². The van der Waals surface area contributed by atoms with Crippen LogP contribution in [0.25, 0.3) is 0 Å². The molecule has 1 saturated heterocycles. The van der Waals surface area contributed by atoms with E-state index in [0.717, 1.165) is 37.8 Å². The fourth-order valence-electron chi connectivity index (χ4n) is 9.88. The van der Waals surface area contributed by atoms with Crippen LogP contribution < -0.4 is 0 Å². The van der Waals surface area contributed by atoms with Gasteiger partial charge in [-0.1, -0.05) is 19.9 Å². The first-order chi connectivity index (χ1) is 11.8. The van der Waals surface area contributed by atoms with Gasteiger partial charge in [-0.05, 0) is 43.2 Å². The van der Waals surface area contributed by atoms with Crippen molar-refractivity contribution in [1.82, 2.24) is 4.90 Å². The molecule has 1 heterocycles. The number of hydrogen-bond donors (Lipinski definition) is 2. The van der Waals surface area contributed by atoms with E-state index < -0.39 is 17.6 Å². The summed E-state index contributed by atoms with van der Waals surface area (Å²) in [6.45, 7) is 7.44. The van der Waals surface area contributed by atoms with Gasteiger partial charge in [0, 0.05) is 47.6 Å². The quantitative estimate of drug-likeness (QED) is 0.656. The summed E-state index contributed by atoms with van der Waals surface area (Å²) >= 11 is 0. The molecule has 6 saturated carbocycles. The lowest BCUT2D eigenvalue weighted by molar-refractivity contribution is -0.221. The summed E-state index contributed by atoms with van der Waals surface area (Å²) in [5, 5.41) is 22.7. The van der Waals surface area contributed by atoms with Gasteiger partial charge in [0.25, 0.3) is 0 Å². The lowest BCUT2D eigenvalue weighted by Crippen LogP contribution is -2.71. The molecule has 2 N–H and O–H groups in total. The third kappa shape index (κ3) is 1.27. The Hall–Kier alpha value is -0.710. The number of aliphatic hydroxyl groups is 2. The van der Waals surface area contributed by atoms with Gasteiger partial charge in [-0.3, -0.25) is 4.79 Å². The fraction of sp³-hybridized carbons (Fsp3) is 0.857. The van der Waals surface area contributed by atoms with E-state index in [1.165, 1.54) is 0 Å². The predicted octanol–water partition coefficient (Wildman–Crippen LogP) is 1.61. The molecular formula is C21H29NO3. The molecule has 7 rings (SSSR count). The molecule has 0 radical (unpaired) electrons. The topological polar surface area (TPSA) is 60.8 Å². The Morgan fingerprint density at radius 3 is 2.76 bits per heavy atom. The molecule has 4 nitrogen and oxygen atoms in total. The van der Waals surface area contributed by atoms with Crippen molar-refractivity contribution in [3.63, 3.8) is 0 Å². The molecule has 25 heavy (non-hydrogen) atoms. The number of likely N-dealkylation sites (tertiary alicyclic amines) is 1. The molecule has 0 aromatic carbocycles. The molecule has 10 atom stereocenters. The highest BCUT2D eigenvalue weighted by Gasteiger charge is 2.85. The zero-order valence-electron chi connectivity index (χ0n) is 15.2. The number of hydrogen-bond acceptors (Lipinski definition) is 4. The Kier molecular flexibility index (Phi) is 2.50. The van der Waals surface area contributed by atoms with Crippen molar-refractivity contribution < 1.29 is 15.0 Å². The molecule has 7 aliphatic rings. The molecule has 6 bridgehead atoms. The first-order valence-electron chi connectivity index (χ1n) is 10.1. The average molecular weight is 343 g/mol. The van der Waals surface area contributed by atoms with E-state index in [-0.39, 0.29) is 28.6 Å². The Morgan fingerprint density at radius 2 is 2.00 bits per heavy atom. The predicted molar refractivity (Wildman–Crippen MR) is 92.6 cm³/mol. The highest BCUT2D eigenvalue weighted by molar-refractivity contribution is 5.86. The molecule has 7 fully saturated rings. The van der Waals surface area contributed by atoms with Crippen molar-refractivity contribution >= 4 is 5.78 Å². The normalized spacial score (nSPS) is 64.7. The number of piperidine rings is 1. The van der Waals surface area contributed by atoms with Crippen LogP contribution in [0, 0.1) is 39.9 Å². The van der Waals surface area contributed by atoms with Crippen LogP contribution in [0.2, 0.25) is 0 Å². The van der Waals surface area contributed by atoms with Crippen molar-refractivity contribution in [2.45, 2.75) is 57.3 Å². The van der Waals surface area contributed by atoms with Crippen LogP contribution in [-0.2, 0) is 4.79 Å². The van der Waals surface area contributed by atoms with Crippen LogP contribution in [0.1, 0.15) is 39.0 Å². The van der Waals surface area contributed by atoms with E-state index >= 15 is 0 Å². The maximum atomic E-state index is 13.5. The number of fused-ring (bicyclic) bond motifs is 1. The molecule has 4 heteroatoms. The van der Waals surface area contributed by atoms with Crippen molar-refractivity contribution in [3.05, 3.63) is 12.2 Å². The molecular weight excluding hydrogens is 314 g/mol. The second-order valence-electron chi connectivity index (χ2n) is 10.6. The zero-order valence-corrected chi connectivity index (χ0v) is 15.2. The van der Waals surface area contributed by atoms with Crippen LogP contribution in [0.5, 0.6) is 0 Å². The van der Waals surface area contributed by atoms with Gasteiger partial charge in [0.2, 0.25) is 0 Å². The molecule has 2 spiro atoms. The third-order valence-corrected chi connectivity index (χ3v) is 9.86. The summed E-state index contributed by atoms with van der Waals surface area (Å²) in [7, 11) is 2.23. The van der Waals surface area contributed by atoms with Crippen LogP contribution in [-0.4, -0.2) is 52.7 Å². The minimum Gasteiger partial charge on any atom is -0.392 e. The van der Waals surface area contributed by atoms with Gasteiger partial charge in [-0.2, -0.15) is 0 Å². The summed E-state index contributed by atoms with van der Waals surface area (Å²) in [5.74, 6) is 0.859. The molecule has 1 aliphatic heterocycles. The largest absolute Gasteiger partial charge is 0.392 e. The lowest BCUT2D eigenvalue weighted by atomic mass is 9.38. The van der Waals surface area contributed by atoms with E-state index in [1.54, 1.807) is 0 Å². The number of carbonyl (C=O) groups is 1. The van der Waals surface area contributed by atoms with E-state index in [4.69, 9.17) is 0 Å². The number of carbonyl (C=O) groups excluding carboxylic acids is 1. The second kappa shape index (κ2) is 4.07. The van der Waals surface area contributed by atoms with E-state index in [0.29, 0.717) is 24.2 Å². The first kappa shape index (κ1) is 15.4. The van der Waals surface area contributed by atoms with Gasteiger partial charge < -0.3 is 15.1 Å². The summed E-state index contributed by atoms with van der Waals surface area (Å²) in [4.78, 5) is 16.0. The molecule has 136 valence electrons. The summed E-state index contributed by atoms with van der Waals surface area (Å²) < 4.78 is 0. The molecule has 6 aliphatic carbocycles. The van der Waals surface area contributed by atoms with Gasteiger partial charge in [0.05, 0.1) is 12.2 Å². The Morgan fingerprint density at radius 1 is 1.24 bits per heavy atom. The summed E-state index contributed by atoms with van der Waals surface area (Å²) in [6, 6.07) is 0.338. The van der Waals surface area contributed by atoms with Gasteiger partial charge in [0.1, 0.15) is 5.78 Å². The number of rotatable bonds is 0. The van der Waals surface area contributed by atoms with Crippen molar-refractivity contribution in [2.24, 2.45) is 39.9 Å². The first-order valence-corrected chi connectivity index (χ1v) is 10.1. The Bertz CT molecular complexity index is 720. The SMILES string of the molecule is C=C1[C@H]2C[C@@H]3[C@H]4N(C)C[C@@]5(C)CCC[C@]46[C@H]([C@H]2O)[C@]3(CC(=O)[C@H]56)[C@@H]1O. The van der Waals surface area contributed by atoms with Gasteiger partial charge >= 0.3 is 0 Å². The number of aliphatic hydroxyl groups excluding tert-OH is 2. The second-order valence-corrected chi connectivity index (χ2v) is 10.6. The summed E-state index contributed by atoms with van der Waals surface area (Å²) in [5.41, 5.74) is 0.235. The van der Waals surface area contributed by atoms with Gasteiger partial charge in [-0.25, -0.2) is 0 Å². The maximum Gasteiger partial charge on any atom is 0.137 e.